The van der Waals surface area contributed by atoms with Gasteiger partial charge in [-0.15, -0.1) is 0 Å². The fourth-order valence-corrected chi connectivity index (χ4v) is 2.32. The lowest BCUT2D eigenvalue weighted by Gasteiger charge is -2.14. The molecule has 0 radical (unpaired) electrons. The highest BCUT2D eigenvalue weighted by Gasteiger charge is 2.20. The van der Waals surface area contributed by atoms with E-state index in [2.05, 4.69) is 0 Å². The number of benzene rings is 1. The number of ketones is 1. The Hall–Kier alpha value is -2.36. The van der Waals surface area contributed by atoms with Crippen molar-refractivity contribution in [3.8, 4) is 5.75 Å². The summed E-state index contributed by atoms with van der Waals surface area (Å²) in [6, 6.07) is 4.71. The lowest BCUT2D eigenvalue weighted by molar-refractivity contribution is -0.114. The number of hydrogen-bond acceptors (Lipinski definition) is 4. The van der Waals surface area contributed by atoms with E-state index in [4.69, 9.17) is 4.74 Å². The molecule has 0 amide bonds. The van der Waals surface area contributed by atoms with Crippen LogP contribution < -0.4 is 0 Å². The third-order valence-electron chi connectivity index (χ3n) is 3.44. The normalized spacial score (nSPS) is 23.0. The van der Waals surface area contributed by atoms with E-state index >= 15 is 0 Å². The minimum Gasteiger partial charge on any atom is -0.507 e. The van der Waals surface area contributed by atoms with Crippen LogP contribution in [0.15, 0.2) is 42.5 Å². The van der Waals surface area contributed by atoms with Gasteiger partial charge in [0.25, 0.3) is 0 Å². The second-order valence-corrected chi connectivity index (χ2v) is 5.36. The van der Waals surface area contributed by atoms with Crippen LogP contribution in [0.5, 0.6) is 5.75 Å². The molecule has 0 fully saturated rings. The van der Waals surface area contributed by atoms with Crippen molar-refractivity contribution in [3.63, 3.8) is 0 Å². The van der Waals surface area contributed by atoms with Gasteiger partial charge in [-0.3, -0.25) is 4.79 Å². The van der Waals surface area contributed by atoms with Crippen molar-refractivity contribution in [3.05, 3.63) is 53.6 Å². The lowest BCUT2D eigenvalue weighted by Crippen LogP contribution is -2.17. The Bertz CT molecular complexity index is 614. The Labute approximate surface area is 130 Å². The summed E-state index contributed by atoms with van der Waals surface area (Å²) in [6.07, 6.45) is 9.39. The van der Waals surface area contributed by atoms with E-state index in [-0.39, 0.29) is 29.6 Å². The van der Waals surface area contributed by atoms with E-state index in [1.54, 1.807) is 19.1 Å². The number of ether oxygens (including phenoxy) is 1. The molecule has 0 bridgehead atoms. The van der Waals surface area contributed by atoms with Gasteiger partial charge in [-0.1, -0.05) is 30.4 Å². The lowest BCUT2D eigenvalue weighted by atomic mass is 10.0. The predicted octanol–water partition coefficient (Wildman–Crippen LogP) is 3.35. The van der Waals surface area contributed by atoms with Gasteiger partial charge in [0.15, 0.2) is 5.78 Å². The maximum absolute atomic E-state index is 12.3. The molecule has 1 N–H and O–H groups in total. The molecule has 0 aromatic heterocycles. The Kier molecular flexibility index (Phi) is 5.53. The molecular weight excluding hydrogens is 280 g/mol. The number of hydrogen-bond donors (Lipinski definition) is 1. The fraction of sp³-hybridized carbons (Fsp3) is 0.333. The zero-order valence-corrected chi connectivity index (χ0v) is 12.6. The van der Waals surface area contributed by atoms with Crippen molar-refractivity contribution in [1.82, 2.24) is 0 Å². The number of rotatable bonds is 0. The van der Waals surface area contributed by atoms with Crippen LogP contribution in [0.2, 0.25) is 0 Å². The number of phenolic OH excluding ortho intramolecular Hbond substituents is 1. The van der Waals surface area contributed by atoms with Crippen LogP contribution in [-0.2, 0) is 16.0 Å². The van der Waals surface area contributed by atoms with Crippen LogP contribution >= 0.6 is 0 Å². The first-order valence-electron chi connectivity index (χ1n) is 7.44. The van der Waals surface area contributed by atoms with E-state index < -0.39 is 5.97 Å². The van der Waals surface area contributed by atoms with Gasteiger partial charge in [-0.25, -0.2) is 4.79 Å². The van der Waals surface area contributed by atoms with Gasteiger partial charge >= 0.3 is 5.97 Å². The quantitative estimate of drug-likeness (QED) is 0.589. The number of esters is 1. The van der Waals surface area contributed by atoms with Crippen molar-refractivity contribution in [2.24, 2.45) is 0 Å². The van der Waals surface area contributed by atoms with E-state index in [9.17, 15) is 14.7 Å². The molecule has 4 heteroatoms. The topological polar surface area (TPSA) is 63.6 Å². The van der Waals surface area contributed by atoms with Crippen LogP contribution in [-0.4, -0.2) is 23.0 Å². The SMILES string of the molecule is C[C@@H]1C/C=C/CC/C=C/C(=O)Cc2cccc(O)c2C(=O)O1. The molecule has 1 aliphatic rings. The van der Waals surface area contributed by atoms with Gasteiger partial charge < -0.3 is 9.84 Å². The first kappa shape index (κ1) is 16.0. The van der Waals surface area contributed by atoms with Gasteiger partial charge in [0.1, 0.15) is 17.4 Å². The second kappa shape index (κ2) is 7.59. The van der Waals surface area contributed by atoms with Crippen LogP contribution in [0.4, 0.5) is 0 Å². The zero-order chi connectivity index (χ0) is 15.9. The maximum atomic E-state index is 12.3. The summed E-state index contributed by atoms with van der Waals surface area (Å²) < 4.78 is 5.36. The second-order valence-electron chi connectivity index (χ2n) is 5.36. The largest absolute Gasteiger partial charge is 0.507 e. The minimum atomic E-state index is -0.595. The number of aromatic hydroxyl groups is 1. The number of carbonyl (C=O) groups excluding carboxylic acids is 2. The average Bonchev–Trinajstić information content (AvgIpc) is 2.45. The summed E-state index contributed by atoms with van der Waals surface area (Å²) >= 11 is 0. The standard InChI is InChI=1S/C18H20O4/c1-13-8-5-3-2-4-6-10-15(19)12-14-9-7-11-16(20)17(14)18(21)22-13/h3,5-7,9-11,13,20H,2,4,8,12H2,1H3/b5-3+,10-6+/t13-/m1/s1. The summed E-state index contributed by atoms with van der Waals surface area (Å²) in [5.74, 6) is -0.856. The Morgan fingerprint density at radius 2 is 1.91 bits per heavy atom. The van der Waals surface area contributed by atoms with E-state index in [1.165, 1.54) is 12.1 Å². The van der Waals surface area contributed by atoms with E-state index in [1.807, 2.05) is 18.2 Å². The molecule has 4 nitrogen and oxygen atoms in total. The predicted molar refractivity (Wildman–Crippen MR) is 83.8 cm³/mol. The number of fused-ring (bicyclic) bond motifs is 1. The number of allylic oxidation sites excluding steroid dienone is 3. The molecule has 1 aliphatic heterocycles. The molecule has 1 heterocycles. The fourth-order valence-electron chi connectivity index (χ4n) is 2.32. The Morgan fingerprint density at radius 1 is 1.14 bits per heavy atom. The molecule has 2 rings (SSSR count). The molecule has 116 valence electrons. The van der Waals surface area contributed by atoms with Gasteiger partial charge in [0.2, 0.25) is 0 Å². The zero-order valence-electron chi connectivity index (χ0n) is 12.6. The number of cyclic esters (lactones) is 1. The molecule has 0 unspecified atom stereocenters. The molecule has 1 aromatic carbocycles. The Morgan fingerprint density at radius 3 is 2.73 bits per heavy atom. The van der Waals surface area contributed by atoms with Crippen molar-refractivity contribution >= 4 is 11.8 Å². The summed E-state index contributed by atoms with van der Waals surface area (Å²) in [7, 11) is 0. The van der Waals surface area contributed by atoms with Crippen LogP contribution in [0, 0.1) is 0 Å². The van der Waals surface area contributed by atoms with Crippen LogP contribution in [0.3, 0.4) is 0 Å². The minimum absolute atomic E-state index is 0.0690. The summed E-state index contributed by atoms with van der Waals surface area (Å²) in [5.41, 5.74) is 0.566. The molecule has 22 heavy (non-hydrogen) atoms. The molecule has 1 atom stereocenters. The third kappa shape index (κ3) is 4.32. The van der Waals surface area contributed by atoms with E-state index in [0.717, 1.165) is 12.8 Å². The van der Waals surface area contributed by atoms with Crippen molar-refractivity contribution in [2.75, 3.05) is 0 Å². The smallest absolute Gasteiger partial charge is 0.342 e. The van der Waals surface area contributed by atoms with Crippen LogP contribution in [0.25, 0.3) is 0 Å². The highest BCUT2D eigenvalue weighted by molar-refractivity contribution is 5.98. The molecule has 1 aromatic rings. The first-order chi connectivity index (χ1) is 10.6. The average molecular weight is 300 g/mol. The van der Waals surface area contributed by atoms with Gasteiger partial charge in [0.05, 0.1) is 0 Å². The third-order valence-corrected chi connectivity index (χ3v) is 3.44. The number of carbonyl (C=O) groups is 2. The first-order valence-corrected chi connectivity index (χ1v) is 7.44. The number of phenols is 1. The monoisotopic (exact) mass is 300 g/mol. The summed E-state index contributed by atoms with van der Waals surface area (Å²) in [5, 5.41) is 9.96. The summed E-state index contributed by atoms with van der Waals surface area (Å²) in [4.78, 5) is 24.2. The van der Waals surface area contributed by atoms with Crippen molar-refractivity contribution in [1.29, 1.82) is 0 Å². The van der Waals surface area contributed by atoms with Gasteiger partial charge in [-0.2, -0.15) is 0 Å². The molecular formula is C18H20O4. The molecule has 0 aliphatic carbocycles. The Balaban J connectivity index is 2.34. The molecule has 0 saturated heterocycles. The molecule has 0 saturated carbocycles. The van der Waals surface area contributed by atoms with Gasteiger partial charge in [0, 0.05) is 12.8 Å². The van der Waals surface area contributed by atoms with Crippen molar-refractivity contribution in [2.45, 2.75) is 38.7 Å². The van der Waals surface area contributed by atoms with E-state index in [0.29, 0.717) is 12.0 Å². The van der Waals surface area contributed by atoms with Crippen LogP contribution in [0.1, 0.15) is 42.1 Å². The van der Waals surface area contributed by atoms with Gasteiger partial charge in [-0.05, 0) is 37.5 Å². The maximum Gasteiger partial charge on any atom is 0.342 e. The highest BCUT2D eigenvalue weighted by atomic mass is 16.5. The summed E-state index contributed by atoms with van der Waals surface area (Å²) in [6.45, 7) is 1.80. The molecule has 0 spiro atoms. The van der Waals surface area contributed by atoms with Crippen molar-refractivity contribution < 1.29 is 19.4 Å². The highest BCUT2D eigenvalue weighted by Crippen LogP contribution is 2.24.